The van der Waals surface area contributed by atoms with Crippen LogP contribution in [0.4, 0.5) is 13.2 Å². The molecule has 12 heavy (non-hydrogen) atoms. The van der Waals surface area contributed by atoms with Gasteiger partial charge in [-0.2, -0.15) is 13.2 Å². The third-order valence-corrected chi connectivity index (χ3v) is 2.77. The van der Waals surface area contributed by atoms with Gasteiger partial charge in [-0.15, -0.1) is 22.9 Å². The molecule has 1 aromatic rings. The van der Waals surface area contributed by atoms with Gasteiger partial charge in [0.25, 0.3) is 0 Å². The van der Waals surface area contributed by atoms with Gasteiger partial charge in [0.05, 0.1) is 11.8 Å². The van der Waals surface area contributed by atoms with Crippen LogP contribution in [0.15, 0.2) is 17.5 Å². The number of halogens is 4. The Balaban J connectivity index is 2.56. The van der Waals surface area contributed by atoms with Crippen LogP contribution in [0.5, 0.6) is 0 Å². The predicted molar refractivity (Wildman–Crippen MR) is 43.6 cm³/mol. The van der Waals surface area contributed by atoms with Crippen LogP contribution >= 0.6 is 22.9 Å². The Morgan fingerprint density at radius 2 is 2.17 bits per heavy atom. The summed E-state index contributed by atoms with van der Waals surface area (Å²) in [7, 11) is 0. The Labute approximate surface area is 77.0 Å². The Morgan fingerprint density at radius 1 is 1.50 bits per heavy atom. The zero-order valence-electron chi connectivity index (χ0n) is 5.94. The first-order chi connectivity index (χ1) is 5.49. The minimum absolute atomic E-state index is 0.564. The second-order valence-electron chi connectivity index (χ2n) is 2.30. The highest BCUT2D eigenvalue weighted by Crippen LogP contribution is 2.35. The van der Waals surface area contributed by atoms with Crippen molar-refractivity contribution in [3.05, 3.63) is 22.4 Å². The van der Waals surface area contributed by atoms with E-state index in [4.69, 9.17) is 11.6 Å². The third kappa shape index (κ3) is 3.03. The molecule has 0 aliphatic carbocycles. The van der Waals surface area contributed by atoms with Gasteiger partial charge in [-0.1, -0.05) is 6.07 Å². The van der Waals surface area contributed by atoms with Crippen molar-refractivity contribution in [2.24, 2.45) is 0 Å². The lowest BCUT2D eigenvalue weighted by Gasteiger charge is -2.09. The van der Waals surface area contributed by atoms with Gasteiger partial charge in [0.2, 0.25) is 0 Å². The van der Waals surface area contributed by atoms with Crippen molar-refractivity contribution >= 4 is 22.9 Å². The molecule has 0 nitrogen and oxygen atoms in total. The van der Waals surface area contributed by atoms with E-state index >= 15 is 0 Å². The summed E-state index contributed by atoms with van der Waals surface area (Å²) in [4.78, 5) is 0.564. The molecule has 0 radical (unpaired) electrons. The van der Waals surface area contributed by atoms with Gasteiger partial charge < -0.3 is 0 Å². The summed E-state index contributed by atoms with van der Waals surface area (Å²) in [6.07, 6.45) is -5.15. The van der Waals surface area contributed by atoms with E-state index in [1.165, 1.54) is 11.3 Å². The van der Waals surface area contributed by atoms with E-state index in [1.54, 1.807) is 17.5 Å². The summed E-state index contributed by atoms with van der Waals surface area (Å²) >= 11 is 6.76. The highest BCUT2D eigenvalue weighted by atomic mass is 35.5. The van der Waals surface area contributed by atoms with Gasteiger partial charge in [0.1, 0.15) is 0 Å². The number of rotatable bonds is 2. The van der Waals surface area contributed by atoms with Crippen molar-refractivity contribution in [1.82, 2.24) is 0 Å². The molecule has 0 amide bonds. The smallest absolute Gasteiger partial charge is 0.171 e. The number of alkyl halides is 4. The van der Waals surface area contributed by atoms with Gasteiger partial charge in [-0.05, 0) is 11.4 Å². The molecule has 1 unspecified atom stereocenters. The maximum atomic E-state index is 11.8. The lowest BCUT2D eigenvalue weighted by molar-refractivity contribution is -0.134. The normalized spacial score (nSPS) is 14.7. The van der Waals surface area contributed by atoms with E-state index in [1.807, 2.05) is 0 Å². The van der Waals surface area contributed by atoms with Crippen LogP contribution in [0.2, 0.25) is 0 Å². The first kappa shape index (κ1) is 9.86. The molecule has 1 heterocycles. The highest BCUT2D eigenvalue weighted by molar-refractivity contribution is 7.10. The molecular weight excluding hydrogens is 209 g/mol. The summed E-state index contributed by atoms with van der Waals surface area (Å²) in [6.45, 7) is 0. The van der Waals surface area contributed by atoms with E-state index in [9.17, 15) is 13.2 Å². The molecule has 0 aromatic carbocycles. The van der Waals surface area contributed by atoms with Crippen LogP contribution in [-0.2, 0) is 0 Å². The van der Waals surface area contributed by atoms with Gasteiger partial charge in [-0.25, -0.2) is 0 Å². The van der Waals surface area contributed by atoms with Crippen molar-refractivity contribution in [3.63, 3.8) is 0 Å². The molecular formula is C7H6ClF3S. The molecule has 0 bridgehead atoms. The van der Waals surface area contributed by atoms with Gasteiger partial charge >= 0.3 is 6.18 Å². The number of hydrogen-bond acceptors (Lipinski definition) is 1. The first-order valence-electron chi connectivity index (χ1n) is 3.23. The molecule has 0 saturated heterocycles. The van der Waals surface area contributed by atoms with Crippen molar-refractivity contribution in [1.29, 1.82) is 0 Å². The van der Waals surface area contributed by atoms with E-state index < -0.39 is 18.0 Å². The molecule has 0 saturated carbocycles. The first-order valence-corrected chi connectivity index (χ1v) is 4.55. The Hall–Kier alpha value is -0.220. The van der Waals surface area contributed by atoms with Gasteiger partial charge in [-0.3, -0.25) is 0 Å². The van der Waals surface area contributed by atoms with Crippen molar-refractivity contribution in [2.75, 3.05) is 0 Å². The molecule has 1 rings (SSSR count). The molecule has 0 aliphatic heterocycles. The molecule has 1 atom stereocenters. The van der Waals surface area contributed by atoms with E-state index in [0.29, 0.717) is 4.88 Å². The summed E-state index contributed by atoms with van der Waals surface area (Å²) in [5.74, 6) is 0. The van der Waals surface area contributed by atoms with E-state index in [-0.39, 0.29) is 0 Å². The van der Waals surface area contributed by atoms with Crippen LogP contribution < -0.4 is 0 Å². The molecule has 0 fully saturated rings. The number of thiophene rings is 1. The van der Waals surface area contributed by atoms with Crippen LogP contribution in [0.25, 0.3) is 0 Å². The average molecular weight is 215 g/mol. The minimum atomic E-state index is -4.18. The molecule has 1 aromatic heterocycles. The van der Waals surface area contributed by atoms with E-state index in [0.717, 1.165) is 0 Å². The summed E-state index contributed by atoms with van der Waals surface area (Å²) in [5.41, 5.74) is 0. The van der Waals surface area contributed by atoms with Crippen molar-refractivity contribution in [2.45, 2.75) is 18.0 Å². The lowest BCUT2D eigenvalue weighted by atomic mass is 10.2. The fraction of sp³-hybridized carbons (Fsp3) is 0.429. The SMILES string of the molecule is FC(F)(F)CC(Cl)c1cccs1. The second-order valence-corrected chi connectivity index (χ2v) is 3.81. The Morgan fingerprint density at radius 3 is 2.58 bits per heavy atom. The molecule has 0 spiro atoms. The molecule has 0 N–H and O–H groups in total. The summed E-state index contributed by atoms with van der Waals surface area (Å²) in [5, 5.41) is 0.770. The van der Waals surface area contributed by atoms with E-state index in [2.05, 4.69) is 0 Å². The average Bonchev–Trinajstić information content (AvgIpc) is 2.32. The molecule has 0 aliphatic rings. The van der Waals surface area contributed by atoms with Crippen LogP contribution in [0.3, 0.4) is 0 Å². The summed E-state index contributed by atoms with van der Waals surface area (Å²) in [6, 6.07) is 3.29. The van der Waals surface area contributed by atoms with Gasteiger partial charge in [0.15, 0.2) is 0 Å². The Kier molecular flexibility index (Phi) is 3.01. The topological polar surface area (TPSA) is 0 Å². The van der Waals surface area contributed by atoms with Crippen LogP contribution in [0, 0.1) is 0 Å². The minimum Gasteiger partial charge on any atom is -0.171 e. The van der Waals surface area contributed by atoms with Crippen LogP contribution in [-0.4, -0.2) is 6.18 Å². The third-order valence-electron chi connectivity index (χ3n) is 1.26. The fourth-order valence-electron chi connectivity index (χ4n) is 0.773. The maximum absolute atomic E-state index is 11.8. The second kappa shape index (κ2) is 3.66. The Bertz CT molecular complexity index is 229. The zero-order valence-corrected chi connectivity index (χ0v) is 7.51. The van der Waals surface area contributed by atoms with Gasteiger partial charge in [0, 0.05) is 4.88 Å². The summed E-state index contributed by atoms with van der Waals surface area (Å²) < 4.78 is 35.5. The highest BCUT2D eigenvalue weighted by Gasteiger charge is 2.31. The van der Waals surface area contributed by atoms with Crippen molar-refractivity contribution in [3.8, 4) is 0 Å². The fourth-order valence-corrected chi connectivity index (χ4v) is 1.88. The maximum Gasteiger partial charge on any atom is 0.390 e. The quantitative estimate of drug-likeness (QED) is 0.654. The monoisotopic (exact) mass is 214 g/mol. The predicted octanol–water partition coefficient (Wildman–Crippen LogP) is 3.98. The molecule has 68 valence electrons. The lowest BCUT2D eigenvalue weighted by Crippen LogP contribution is -2.09. The van der Waals surface area contributed by atoms with Crippen molar-refractivity contribution < 1.29 is 13.2 Å². The largest absolute Gasteiger partial charge is 0.390 e. The molecule has 5 heteroatoms. The van der Waals surface area contributed by atoms with Crippen LogP contribution in [0.1, 0.15) is 16.7 Å². The zero-order chi connectivity index (χ0) is 9.19. The standard InChI is InChI=1S/C7H6ClF3S/c8-5(4-7(9,10)11)6-2-1-3-12-6/h1-3,5H,4H2. The number of hydrogen-bond donors (Lipinski definition) is 0.